The van der Waals surface area contributed by atoms with Crippen LogP contribution in [0.3, 0.4) is 0 Å². The second-order valence-corrected chi connectivity index (χ2v) is 4.70. The van der Waals surface area contributed by atoms with E-state index in [1.165, 1.54) is 19.3 Å². The van der Waals surface area contributed by atoms with E-state index in [9.17, 15) is 0 Å². The van der Waals surface area contributed by atoms with Crippen LogP contribution in [0.15, 0.2) is 0 Å². The molecule has 0 aromatic rings. The number of rotatable bonds is 3. The van der Waals surface area contributed by atoms with Gasteiger partial charge in [0.05, 0.1) is 6.07 Å². The van der Waals surface area contributed by atoms with E-state index >= 15 is 0 Å². The molecule has 0 spiro atoms. The van der Waals surface area contributed by atoms with Crippen LogP contribution in [-0.2, 0) is 0 Å². The van der Waals surface area contributed by atoms with Crippen LogP contribution >= 0.6 is 0 Å². The summed E-state index contributed by atoms with van der Waals surface area (Å²) in [5.74, 6) is 0. The molecule has 0 aromatic carbocycles. The Morgan fingerprint density at radius 3 is 2.50 bits per heavy atom. The Kier molecular flexibility index (Phi) is 3.91. The molecule has 0 radical (unpaired) electrons. The highest BCUT2D eigenvalue weighted by molar-refractivity contribution is 4.91. The summed E-state index contributed by atoms with van der Waals surface area (Å²) in [4.78, 5) is 2.31. The van der Waals surface area contributed by atoms with Crippen LogP contribution in [0.25, 0.3) is 0 Å². The summed E-state index contributed by atoms with van der Waals surface area (Å²) >= 11 is 0. The average molecular weight is 195 g/mol. The minimum absolute atomic E-state index is 0.319. The van der Waals surface area contributed by atoms with E-state index in [4.69, 9.17) is 11.0 Å². The number of nitrogens with two attached hydrogens (primary N) is 1. The Hall–Kier alpha value is -0.590. The molecule has 1 fully saturated rings. The molecule has 2 N–H and O–H groups in total. The Bertz CT molecular complexity index is 211. The van der Waals surface area contributed by atoms with Gasteiger partial charge in [-0.3, -0.25) is 0 Å². The zero-order valence-corrected chi connectivity index (χ0v) is 9.29. The molecule has 0 bridgehead atoms. The summed E-state index contributed by atoms with van der Waals surface area (Å²) in [6.07, 6.45) is 3.73. The molecule has 3 nitrogen and oxygen atoms in total. The molecule has 0 aromatic heterocycles. The molecule has 1 unspecified atom stereocenters. The average Bonchev–Trinajstić information content (AvgIpc) is 2.21. The number of likely N-dealkylation sites (tertiary alicyclic amines) is 1. The lowest BCUT2D eigenvalue weighted by molar-refractivity contribution is 0.113. The Morgan fingerprint density at radius 2 is 2.07 bits per heavy atom. The summed E-state index contributed by atoms with van der Waals surface area (Å²) < 4.78 is 0. The van der Waals surface area contributed by atoms with Gasteiger partial charge in [-0.05, 0) is 31.3 Å². The highest BCUT2D eigenvalue weighted by Crippen LogP contribution is 2.33. The monoisotopic (exact) mass is 195 g/mol. The number of piperidine rings is 1. The van der Waals surface area contributed by atoms with Crippen molar-refractivity contribution >= 4 is 0 Å². The van der Waals surface area contributed by atoms with E-state index in [-0.39, 0.29) is 6.04 Å². The third-order valence-corrected chi connectivity index (χ3v) is 3.54. The molecule has 0 aliphatic carbocycles. The van der Waals surface area contributed by atoms with Crippen molar-refractivity contribution in [1.82, 2.24) is 4.90 Å². The number of hydrogen-bond donors (Lipinski definition) is 1. The molecule has 1 rings (SSSR count). The third-order valence-electron chi connectivity index (χ3n) is 3.54. The van der Waals surface area contributed by atoms with E-state index in [0.717, 1.165) is 19.6 Å². The smallest absolute Gasteiger partial charge is 0.106 e. The molecule has 1 aliphatic heterocycles. The molecule has 0 saturated carbocycles. The molecule has 14 heavy (non-hydrogen) atoms. The molecular formula is C11H21N3. The molecular weight excluding hydrogens is 174 g/mol. The van der Waals surface area contributed by atoms with Gasteiger partial charge in [0.25, 0.3) is 0 Å². The second-order valence-electron chi connectivity index (χ2n) is 4.70. The van der Waals surface area contributed by atoms with Crippen LogP contribution in [0.2, 0.25) is 0 Å². The zero-order chi connectivity index (χ0) is 10.6. The van der Waals surface area contributed by atoms with Crippen LogP contribution in [0.5, 0.6) is 0 Å². The summed E-state index contributed by atoms with van der Waals surface area (Å²) in [6, 6.07) is 1.76. The SMILES string of the molecule is CCC1(C)CCN(CC(N)C#N)CC1. The Labute approximate surface area is 86.9 Å². The van der Waals surface area contributed by atoms with Gasteiger partial charge in [-0.25, -0.2) is 0 Å². The lowest BCUT2D eigenvalue weighted by atomic mass is 9.78. The van der Waals surface area contributed by atoms with Crippen molar-refractivity contribution < 1.29 is 0 Å². The Balaban J connectivity index is 2.33. The van der Waals surface area contributed by atoms with E-state index in [2.05, 4.69) is 24.8 Å². The first kappa shape index (κ1) is 11.5. The topological polar surface area (TPSA) is 53.0 Å². The molecule has 3 heteroatoms. The second kappa shape index (κ2) is 4.77. The predicted molar refractivity (Wildman–Crippen MR) is 57.7 cm³/mol. The van der Waals surface area contributed by atoms with Gasteiger partial charge < -0.3 is 10.6 Å². The molecule has 1 heterocycles. The van der Waals surface area contributed by atoms with Crippen molar-refractivity contribution in [1.29, 1.82) is 5.26 Å². The number of nitrogens with zero attached hydrogens (tertiary/aromatic N) is 2. The largest absolute Gasteiger partial charge is 0.315 e. The maximum absolute atomic E-state index is 8.61. The predicted octanol–water partition coefficient (Wildman–Crippen LogP) is 1.35. The fourth-order valence-corrected chi connectivity index (χ4v) is 1.95. The first-order valence-corrected chi connectivity index (χ1v) is 5.47. The minimum atomic E-state index is -0.319. The van der Waals surface area contributed by atoms with Crippen molar-refractivity contribution in [2.24, 2.45) is 11.1 Å². The van der Waals surface area contributed by atoms with Crippen molar-refractivity contribution in [2.45, 2.75) is 39.2 Å². The van der Waals surface area contributed by atoms with Crippen molar-refractivity contribution in [3.63, 3.8) is 0 Å². The lowest BCUT2D eigenvalue weighted by Crippen LogP contribution is -2.43. The van der Waals surface area contributed by atoms with Crippen LogP contribution in [0, 0.1) is 16.7 Å². The van der Waals surface area contributed by atoms with E-state index in [0.29, 0.717) is 5.41 Å². The fourth-order valence-electron chi connectivity index (χ4n) is 1.95. The normalized spacial score (nSPS) is 24.1. The van der Waals surface area contributed by atoms with E-state index in [1.807, 2.05) is 0 Å². The molecule has 1 saturated heterocycles. The first-order valence-electron chi connectivity index (χ1n) is 5.47. The van der Waals surface area contributed by atoms with Gasteiger partial charge in [-0.15, -0.1) is 0 Å². The van der Waals surface area contributed by atoms with Gasteiger partial charge in [-0.1, -0.05) is 20.3 Å². The fraction of sp³-hybridized carbons (Fsp3) is 0.909. The molecule has 0 amide bonds. The van der Waals surface area contributed by atoms with Crippen molar-refractivity contribution in [3.05, 3.63) is 0 Å². The van der Waals surface area contributed by atoms with Crippen molar-refractivity contribution in [3.8, 4) is 6.07 Å². The molecule has 80 valence electrons. The van der Waals surface area contributed by atoms with Gasteiger partial charge in [-0.2, -0.15) is 5.26 Å². The van der Waals surface area contributed by atoms with Gasteiger partial charge in [0, 0.05) is 6.54 Å². The van der Waals surface area contributed by atoms with Gasteiger partial charge in [0.2, 0.25) is 0 Å². The van der Waals surface area contributed by atoms with Crippen molar-refractivity contribution in [2.75, 3.05) is 19.6 Å². The maximum Gasteiger partial charge on any atom is 0.106 e. The zero-order valence-electron chi connectivity index (χ0n) is 9.29. The van der Waals surface area contributed by atoms with E-state index < -0.39 is 0 Å². The maximum atomic E-state index is 8.61. The third kappa shape index (κ3) is 2.97. The van der Waals surface area contributed by atoms with Crippen LogP contribution < -0.4 is 5.73 Å². The molecule has 1 aliphatic rings. The van der Waals surface area contributed by atoms with Crippen LogP contribution in [0.4, 0.5) is 0 Å². The highest BCUT2D eigenvalue weighted by Gasteiger charge is 2.28. The summed E-state index contributed by atoms with van der Waals surface area (Å²) in [6.45, 7) is 7.54. The summed E-state index contributed by atoms with van der Waals surface area (Å²) in [5.41, 5.74) is 6.12. The van der Waals surface area contributed by atoms with Gasteiger partial charge in [0.1, 0.15) is 6.04 Å². The Morgan fingerprint density at radius 1 is 1.50 bits per heavy atom. The number of nitriles is 1. The molecule has 1 atom stereocenters. The standard InChI is InChI=1S/C11H21N3/c1-3-11(2)4-6-14(7-5-11)9-10(13)8-12/h10H,3-7,9,13H2,1-2H3. The first-order chi connectivity index (χ1) is 6.59. The quantitative estimate of drug-likeness (QED) is 0.739. The van der Waals surface area contributed by atoms with Crippen LogP contribution in [0.1, 0.15) is 33.1 Å². The number of hydrogen-bond acceptors (Lipinski definition) is 3. The highest BCUT2D eigenvalue weighted by atomic mass is 15.1. The lowest BCUT2D eigenvalue weighted by Gasteiger charge is -2.39. The van der Waals surface area contributed by atoms with Gasteiger partial charge in [0.15, 0.2) is 0 Å². The summed E-state index contributed by atoms with van der Waals surface area (Å²) in [7, 11) is 0. The van der Waals surface area contributed by atoms with Gasteiger partial charge >= 0.3 is 0 Å². The summed E-state index contributed by atoms with van der Waals surface area (Å²) in [5, 5.41) is 8.61. The van der Waals surface area contributed by atoms with E-state index in [1.54, 1.807) is 0 Å². The minimum Gasteiger partial charge on any atom is -0.315 e. The van der Waals surface area contributed by atoms with Crippen LogP contribution in [-0.4, -0.2) is 30.6 Å².